The Morgan fingerprint density at radius 2 is 2.04 bits per heavy atom. The third-order valence-corrected chi connectivity index (χ3v) is 4.60. The summed E-state index contributed by atoms with van der Waals surface area (Å²) >= 11 is 1.44. The molecule has 1 fully saturated rings. The highest BCUT2D eigenvalue weighted by Crippen LogP contribution is 2.21. The largest absolute Gasteiger partial charge is 0.478 e. The summed E-state index contributed by atoms with van der Waals surface area (Å²) in [6.07, 6.45) is 4.94. The summed E-state index contributed by atoms with van der Waals surface area (Å²) in [6.45, 7) is 5.49. The number of aliphatic hydroxyl groups is 1. The summed E-state index contributed by atoms with van der Waals surface area (Å²) in [4.78, 5) is 23.6. The zero-order valence-corrected chi connectivity index (χ0v) is 16.5. The number of aliphatic hydroxyl groups excluding tert-OH is 1. The van der Waals surface area contributed by atoms with Crippen molar-refractivity contribution in [2.45, 2.75) is 32.7 Å². The summed E-state index contributed by atoms with van der Waals surface area (Å²) in [5, 5.41) is 17.5. The van der Waals surface area contributed by atoms with Crippen molar-refractivity contribution in [1.29, 1.82) is 0 Å². The minimum atomic E-state index is -1.03. The fourth-order valence-electron chi connectivity index (χ4n) is 2.32. The third-order valence-electron chi connectivity index (χ3n) is 3.84. The maximum atomic E-state index is 10.8. The molecule has 0 aliphatic carbocycles. The van der Waals surface area contributed by atoms with Crippen molar-refractivity contribution in [2.75, 3.05) is 37.8 Å². The maximum Gasteiger partial charge on any atom is 0.335 e. The lowest BCUT2D eigenvalue weighted by molar-refractivity contribution is 0.0697. The topological polar surface area (TPSA) is 81.1 Å². The molecule has 142 valence electrons. The van der Waals surface area contributed by atoms with Gasteiger partial charge in [-0.3, -0.25) is 4.79 Å². The van der Waals surface area contributed by atoms with E-state index in [1.807, 2.05) is 20.1 Å². The first-order chi connectivity index (χ1) is 11.9. The molecule has 25 heavy (non-hydrogen) atoms. The summed E-state index contributed by atoms with van der Waals surface area (Å²) in [5.41, 5.74) is 1.19. The monoisotopic (exact) mass is 370 g/mol. The molecule has 1 heterocycles. The SMILES string of the molecule is CC.CN1CCCC1CO.CSN(C)c1cc(C=O)cc(C(=O)O)c1. The van der Waals surface area contributed by atoms with Crippen molar-refractivity contribution in [2.24, 2.45) is 0 Å². The molecular weight excluding hydrogens is 340 g/mol. The van der Waals surface area contributed by atoms with Gasteiger partial charge in [-0.25, -0.2) is 4.79 Å². The van der Waals surface area contributed by atoms with Crippen LogP contribution in [0.15, 0.2) is 18.2 Å². The van der Waals surface area contributed by atoms with Gasteiger partial charge in [0.05, 0.1) is 12.2 Å². The molecule has 0 spiro atoms. The first-order valence-corrected chi connectivity index (χ1v) is 9.53. The van der Waals surface area contributed by atoms with Gasteiger partial charge in [-0.1, -0.05) is 25.8 Å². The Balaban J connectivity index is 0.000000483. The van der Waals surface area contributed by atoms with Gasteiger partial charge in [-0.2, -0.15) is 0 Å². The number of hydrogen-bond donors (Lipinski definition) is 2. The van der Waals surface area contributed by atoms with Crippen molar-refractivity contribution in [3.8, 4) is 0 Å². The predicted molar refractivity (Wildman–Crippen MR) is 105 cm³/mol. The lowest BCUT2D eigenvalue weighted by atomic mass is 10.1. The number of likely N-dealkylation sites (N-methyl/N-ethyl adjacent to an activating group) is 1. The number of nitrogens with zero attached hydrogens (tertiary/aromatic N) is 2. The molecule has 1 saturated heterocycles. The molecule has 1 aromatic rings. The number of rotatable bonds is 5. The van der Waals surface area contributed by atoms with Crippen LogP contribution in [0.5, 0.6) is 0 Å². The average molecular weight is 371 g/mol. The second-order valence-corrected chi connectivity index (χ2v) is 6.29. The van der Waals surface area contributed by atoms with Crippen LogP contribution in [0.1, 0.15) is 47.4 Å². The Hall–Kier alpha value is -1.57. The molecule has 7 heteroatoms. The number of anilines is 1. The Bertz CT molecular complexity index is 540. The number of carboxylic acids is 1. The zero-order valence-electron chi connectivity index (χ0n) is 15.7. The molecule has 2 rings (SSSR count). The Morgan fingerprint density at radius 3 is 2.40 bits per heavy atom. The number of carbonyl (C=O) groups is 2. The van der Waals surface area contributed by atoms with Crippen LogP contribution in [0, 0.1) is 0 Å². The minimum Gasteiger partial charge on any atom is -0.478 e. The number of carbonyl (C=O) groups excluding carboxylic acids is 1. The summed E-state index contributed by atoms with van der Waals surface area (Å²) < 4.78 is 1.79. The van der Waals surface area contributed by atoms with Gasteiger partial charge in [0.1, 0.15) is 6.29 Å². The smallest absolute Gasteiger partial charge is 0.335 e. The van der Waals surface area contributed by atoms with Gasteiger partial charge in [0.25, 0.3) is 0 Å². The number of aldehydes is 1. The Morgan fingerprint density at radius 1 is 1.40 bits per heavy atom. The molecule has 1 aliphatic heterocycles. The van der Waals surface area contributed by atoms with Gasteiger partial charge in [0.2, 0.25) is 0 Å². The van der Waals surface area contributed by atoms with Crippen LogP contribution in [0.2, 0.25) is 0 Å². The van der Waals surface area contributed by atoms with Gasteiger partial charge in [-0.15, -0.1) is 0 Å². The number of aromatic carboxylic acids is 1. The minimum absolute atomic E-state index is 0.121. The van der Waals surface area contributed by atoms with E-state index in [1.54, 1.807) is 17.4 Å². The summed E-state index contributed by atoms with van der Waals surface area (Å²) in [7, 11) is 3.87. The van der Waals surface area contributed by atoms with Crippen molar-refractivity contribution in [3.63, 3.8) is 0 Å². The summed E-state index contributed by atoms with van der Waals surface area (Å²) in [5.74, 6) is -1.03. The fraction of sp³-hybridized carbons (Fsp3) is 0.556. The quantitative estimate of drug-likeness (QED) is 0.609. The van der Waals surface area contributed by atoms with E-state index in [0.717, 1.165) is 6.54 Å². The van der Waals surface area contributed by atoms with Crippen LogP contribution in [0.4, 0.5) is 5.69 Å². The van der Waals surface area contributed by atoms with Crippen molar-refractivity contribution in [3.05, 3.63) is 29.3 Å². The van der Waals surface area contributed by atoms with Crippen LogP contribution < -0.4 is 4.31 Å². The highest BCUT2D eigenvalue weighted by molar-refractivity contribution is 7.99. The molecule has 0 radical (unpaired) electrons. The predicted octanol–water partition coefficient (Wildman–Crippen LogP) is 3.01. The number of hydrogen-bond acceptors (Lipinski definition) is 6. The van der Waals surface area contributed by atoms with E-state index in [2.05, 4.69) is 11.9 Å². The van der Waals surface area contributed by atoms with Crippen LogP contribution in [0.25, 0.3) is 0 Å². The van der Waals surface area contributed by atoms with E-state index in [1.165, 1.54) is 36.9 Å². The molecule has 1 aliphatic rings. The van der Waals surface area contributed by atoms with Crippen LogP contribution >= 0.6 is 11.9 Å². The normalized spacial score (nSPS) is 16.2. The molecule has 0 saturated carbocycles. The van der Waals surface area contributed by atoms with Crippen LogP contribution in [-0.2, 0) is 0 Å². The molecular formula is C18H30N2O4S. The van der Waals surface area contributed by atoms with Crippen molar-refractivity contribution < 1.29 is 19.8 Å². The van der Waals surface area contributed by atoms with E-state index in [-0.39, 0.29) is 5.56 Å². The Kier molecular flexibility index (Phi) is 11.9. The molecule has 6 nitrogen and oxygen atoms in total. The van der Waals surface area contributed by atoms with Crippen LogP contribution in [0.3, 0.4) is 0 Å². The highest BCUT2D eigenvalue weighted by Gasteiger charge is 2.18. The number of carboxylic acid groups (broad SMARTS) is 1. The van der Waals surface area contributed by atoms with Gasteiger partial charge in [0.15, 0.2) is 0 Å². The molecule has 0 amide bonds. The van der Waals surface area contributed by atoms with E-state index >= 15 is 0 Å². The van der Waals surface area contributed by atoms with E-state index in [0.29, 0.717) is 30.2 Å². The molecule has 0 bridgehead atoms. The standard InChI is InChI=1S/C10H11NO3S.C6H13NO.C2H6/c1-11(15-2)9-4-7(6-12)3-8(5-9)10(13)14;1-7-4-2-3-6(7)5-8;1-2/h3-6H,1-2H3,(H,13,14);6,8H,2-5H2,1H3;1-2H3. The first kappa shape index (κ1) is 23.4. The fourth-order valence-corrected chi connectivity index (χ4v) is 2.64. The molecule has 2 N–H and O–H groups in total. The first-order valence-electron chi connectivity index (χ1n) is 8.35. The molecule has 1 unspecified atom stereocenters. The summed E-state index contributed by atoms with van der Waals surface area (Å²) in [6, 6.07) is 4.99. The maximum absolute atomic E-state index is 10.8. The lowest BCUT2D eigenvalue weighted by Gasteiger charge is -2.16. The van der Waals surface area contributed by atoms with Gasteiger partial charge < -0.3 is 19.4 Å². The van der Waals surface area contributed by atoms with E-state index < -0.39 is 5.97 Å². The third kappa shape index (κ3) is 7.90. The second-order valence-electron chi connectivity index (χ2n) is 5.38. The molecule has 0 aromatic heterocycles. The van der Waals surface area contributed by atoms with Gasteiger partial charge >= 0.3 is 5.97 Å². The lowest BCUT2D eigenvalue weighted by Crippen LogP contribution is -2.27. The number of likely N-dealkylation sites (tertiary alicyclic amines) is 1. The Labute approximate surface area is 155 Å². The second kappa shape index (κ2) is 12.7. The zero-order chi connectivity index (χ0) is 19.4. The van der Waals surface area contributed by atoms with Crippen molar-refractivity contribution >= 4 is 29.9 Å². The van der Waals surface area contributed by atoms with E-state index in [4.69, 9.17) is 10.2 Å². The van der Waals surface area contributed by atoms with Crippen LogP contribution in [-0.4, -0.2) is 66.9 Å². The average Bonchev–Trinajstić information content (AvgIpc) is 3.07. The van der Waals surface area contributed by atoms with Gasteiger partial charge in [-0.05, 0) is 44.6 Å². The van der Waals surface area contributed by atoms with Gasteiger partial charge in [0, 0.05) is 30.6 Å². The van der Waals surface area contributed by atoms with E-state index in [9.17, 15) is 9.59 Å². The number of benzene rings is 1. The highest BCUT2D eigenvalue weighted by atomic mass is 32.2. The molecule has 1 aromatic carbocycles. The van der Waals surface area contributed by atoms with Crippen molar-refractivity contribution in [1.82, 2.24) is 4.90 Å². The molecule has 1 atom stereocenters.